The van der Waals surface area contributed by atoms with Gasteiger partial charge in [0.15, 0.2) is 0 Å². The highest BCUT2D eigenvalue weighted by Crippen LogP contribution is 2.24. The minimum Gasteiger partial charge on any atom is -0.481 e. The minimum absolute atomic E-state index is 0.196. The van der Waals surface area contributed by atoms with Crippen molar-refractivity contribution in [2.75, 3.05) is 12.4 Å². The lowest BCUT2D eigenvalue weighted by atomic mass is 10.1. The van der Waals surface area contributed by atoms with Crippen molar-refractivity contribution in [2.45, 2.75) is 13.0 Å². The molecule has 0 aromatic carbocycles. The Labute approximate surface area is 173 Å². The first-order valence-electron chi connectivity index (χ1n) is 8.72. The number of H-pyrrole nitrogens is 1. The highest BCUT2D eigenvalue weighted by molar-refractivity contribution is 9.10. The summed E-state index contributed by atoms with van der Waals surface area (Å²) in [7, 11) is 1.45. The van der Waals surface area contributed by atoms with E-state index in [1.807, 2.05) is 12.3 Å². The van der Waals surface area contributed by atoms with Gasteiger partial charge in [-0.3, -0.25) is 0 Å². The average molecular weight is 460 g/mol. The highest BCUT2D eigenvalue weighted by Gasteiger charge is 2.12. The van der Waals surface area contributed by atoms with Gasteiger partial charge in [0.05, 0.1) is 13.3 Å². The molecule has 0 atom stereocenters. The Morgan fingerprint density at radius 2 is 1.97 bits per heavy atom. The molecule has 4 aromatic rings. The van der Waals surface area contributed by atoms with E-state index in [0.717, 1.165) is 27.3 Å². The molecule has 2 N–H and O–H groups in total. The van der Waals surface area contributed by atoms with Crippen molar-refractivity contribution < 1.29 is 13.5 Å². The Morgan fingerprint density at radius 1 is 1.10 bits per heavy atom. The van der Waals surface area contributed by atoms with Crippen molar-refractivity contribution in [1.82, 2.24) is 19.9 Å². The Kier molecular flexibility index (Phi) is 5.39. The zero-order valence-electron chi connectivity index (χ0n) is 15.3. The third-order valence-corrected chi connectivity index (χ3v) is 4.87. The molecular formula is C20H16BrF2N5O. The standard InChI is InChI=1S/C20H16BrF2N5O/c1-29-20-13(5-15(22)10-27-20)8-24-17-3-2-11(18(23)28-17)4-12-7-25-19-16(12)6-14(21)9-26-19/h2-3,5-7,9-10H,4,8H2,1H3,(H,24,28)(H,25,26). The number of rotatable bonds is 6. The molecule has 0 aliphatic heterocycles. The van der Waals surface area contributed by atoms with Crippen LogP contribution in [-0.4, -0.2) is 27.0 Å². The van der Waals surface area contributed by atoms with Crippen LogP contribution in [0, 0.1) is 11.8 Å². The Hall–Kier alpha value is -3.07. The number of anilines is 1. The van der Waals surface area contributed by atoms with Crippen LogP contribution in [0.25, 0.3) is 11.0 Å². The molecular weight excluding hydrogens is 444 g/mol. The van der Waals surface area contributed by atoms with Gasteiger partial charge in [0.2, 0.25) is 11.8 Å². The van der Waals surface area contributed by atoms with E-state index in [9.17, 15) is 8.78 Å². The zero-order chi connectivity index (χ0) is 20.4. The molecule has 4 heterocycles. The monoisotopic (exact) mass is 459 g/mol. The Morgan fingerprint density at radius 3 is 2.76 bits per heavy atom. The maximum atomic E-state index is 14.6. The number of aromatic amines is 1. The second kappa shape index (κ2) is 8.12. The average Bonchev–Trinajstić information content (AvgIpc) is 3.10. The van der Waals surface area contributed by atoms with E-state index in [0.29, 0.717) is 29.2 Å². The molecule has 0 fully saturated rings. The minimum atomic E-state index is -0.573. The molecule has 0 spiro atoms. The number of methoxy groups -OCH3 is 1. The number of hydrogen-bond donors (Lipinski definition) is 2. The van der Waals surface area contributed by atoms with Crippen LogP contribution < -0.4 is 10.1 Å². The molecule has 29 heavy (non-hydrogen) atoms. The van der Waals surface area contributed by atoms with E-state index in [1.54, 1.807) is 18.3 Å². The van der Waals surface area contributed by atoms with Gasteiger partial charge in [-0.05, 0) is 39.7 Å². The Bertz CT molecular complexity index is 1180. The third-order valence-electron chi connectivity index (χ3n) is 4.44. The summed E-state index contributed by atoms with van der Waals surface area (Å²) >= 11 is 3.40. The summed E-state index contributed by atoms with van der Waals surface area (Å²) in [5.41, 5.74) is 2.63. The van der Waals surface area contributed by atoms with Crippen molar-refractivity contribution in [1.29, 1.82) is 0 Å². The van der Waals surface area contributed by atoms with Gasteiger partial charge in [-0.2, -0.15) is 4.39 Å². The van der Waals surface area contributed by atoms with Crippen molar-refractivity contribution >= 4 is 32.8 Å². The lowest BCUT2D eigenvalue weighted by molar-refractivity contribution is 0.391. The van der Waals surface area contributed by atoms with Crippen LogP contribution in [0.2, 0.25) is 0 Å². The molecule has 148 valence electrons. The summed E-state index contributed by atoms with van der Waals surface area (Å²) in [6.07, 6.45) is 4.97. The molecule has 0 aliphatic carbocycles. The molecule has 0 unspecified atom stereocenters. The van der Waals surface area contributed by atoms with E-state index in [1.165, 1.54) is 13.2 Å². The van der Waals surface area contributed by atoms with Gasteiger partial charge in [-0.25, -0.2) is 19.3 Å². The topological polar surface area (TPSA) is 75.7 Å². The van der Waals surface area contributed by atoms with Crippen molar-refractivity contribution in [3.63, 3.8) is 0 Å². The van der Waals surface area contributed by atoms with E-state index >= 15 is 0 Å². The van der Waals surface area contributed by atoms with E-state index in [4.69, 9.17) is 4.74 Å². The fourth-order valence-corrected chi connectivity index (χ4v) is 3.37. The quantitative estimate of drug-likeness (QED) is 0.412. The largest absolute Gasteiger partial charge is 0.481 e. The molecule has 0 radical (unpaired) electrons. The third kappa shape index (κ3) is 4.19. The van der Waals surface area contributed by atoms with Gasteiger partial charge in [0.1, 0.15) is 17.3 Å². The van der Waals surface area contributed by atoms with Crippen molar-refractivity contribution in [3.05, 3.63) is 75.8 Å². The van der Waals surface area contributed by atoms with Crippen LogP contribution in [0.15, 0.2) is 47.3 Å². The van der Waals surface area contributed by atoms with Gasteiger partial charge in [-0.15, -0.1) is 0 Å². The number of pyridine rings is 3. The van der Waals surface area contributed by atoms with Crippen LogP contribution in [0.3, 0.4) is 0 Å². The van der Waals surface area contributed by atoms with Gasteiger partial charge in [0, 0.05) is 46.3 Å². The second-order valence-electron chi connectivity index (χ2n) is 6.36. The SMILES string of the molecule is COc1ncc(F)cc1CNc1ccc(Cc2c[nH]c3ncc(Br)cc23)c(F)n1. The maximum absolute atomic E-state index is 14.6. The molecule has 6 nitrogen and oxygen atoms in total. The summed E-state index contributed by atoms with van der Waals surface area (Å²) in [6.45, 7) is 0.196. The predicted molar refractivity (Wildman–Crippen MR) is 109 cm³/mol. The Balaban J connectivity index is 1.51. The molecule has 0 bridgehead atoms. The molecule has 0 saturated carbocycles. The van der Waals surface area contributed by atoms with Crippen LogP contribution >= 0.6 is 15.9 Å². The van der Waals surface area contributed by atoms with Crippen molar-refractivity contribution in [3.8, 4) is 5.88 Å². The number of nitrogens with zero attached hydrogens (tertiary/aromatic N) is 3. The predicted octanol–water partition coefficient (Wildman–Crippen LogP) is 4.61. The molecule has 9 heteroatoms. The smallest absolute Gasteiger partial charge is 0.218 e. The van der Waals surface area contributed by atoms with Crippen LogP contribution in [-0.2, 0) is 13.0 Å². The first kappa shape index (κ1) is 19.3. The fraction of sp³-hybridized carbons (Fsp3) is 0.150. The zero-order valence-corrected chi connectivity index (χ0v) is 16.9. The first-order chi connectivity index (χ1) is 14.0. The number of halogens is 3. The number of nitrogens with one attached hydrogen (secondary N) is 2. The number of hydrogen-bond acceptors (Lipinski definition) is 5. The lowest BCUT2D eigenvalue weighted by Crippen LogP contribution is -2.06. The molecule has 0 saturated heterocycles. The fourth-order valence-electron chi connectivity index (χ4n) is 3.04. The van der Waals surface area contributed by atoms with E-state index < -0.39 is 11.8 Å². The first-order valence-corrected chi connectivity index (χ1v) is 9.52. The lowest BCUT2D eigenvalue weighted by Gasteiger charge is -2.10. The summed E-state index contributed by atoms with van der Waals surface area (Å²) in [4.78, 5) is 15.2. The highest BCUT2D eigenvalue weighted by atomic mass is 79.9. The van der Waals surface area contributed by atoms with Gasteiger partial charge in [0.25, 0.3) is 0 Å². The summed E-state index contributed by atoms with van der Waals surface area (Å²) < 4.78 is 33.9. The van der Waals surface area contributed by atoms with E-state index in [-0.39, 0.29) is 6.54 Å². The van der Waals surface area contributed by atoms with Gasteiger partial charge >= 0.3 is 0 Å². The van der Waals surface area contributed by atoms with E-state index in [2.05, 4.69) is 41.2 Å². The normalized spacial score (nSPS) is 11.0. The molecule has 0 aliphatic rings. The summed E-state index contributed by atoms with van der Waals surface area (Å²) in [5, 5.41) is 3.89. The van der Waals surface area contributed by atoms with Crippen LogP contribution in [0.5, 0.6) is 5.88 Å². The summed E-state index contributed by atoms with van der Waals surface area (Å²) in [5.74, 6) is -0.412. The van der Waals surface area contributed by atoms with Gasteiger partial charge < -0.3 is 15.0 Å². The van der Waals surface area contributed by atoms with Gasteiger partial charge in [-0.1, -0.05) is 6.07 Å². The van der Waals surface area contributed by atoms with Crippen LogP contribution in [0.1, 0.15) is 16.7 Å². The maximum Gasteiger partial charge on any atom is 0.218 e. The molecule has 4 rings (SSSR count). The second-order valence-corrected chi connectivity index (χ2v) is 7.28. The number of ether oxygens (including phenoxy) is 1. The number of fused-ring (bicyclic) bond motifs is 1. The molecule has 4 aromatic heterocycles. The van der Waals surface area contributed by atoms with Crippen molar-refractivity contribution in [2.24, 2.45) is 0 Å². The number of aromatic nitrogens is 4. The summed E-state index contributed by atoms with van der Waals surface area (Å²) in [6, 6.07) is 6.61. The molecule has 0 amide bonds. The van der Waals surface area contributed by atoms with Crippen LogP contribution in [0.4, 0.5) is 14.6 Å².